The minimum atomic E-state index is -0.118. The second-order valence-corrected chi connectivity index (χ2v) is 6.39. The van der Waals surface area contributed by atoms with Gasteiger partial charge >= 0.3 is 0 Å². The Bertz CT molecular complexity index is 780. The van der Waals surface area contributed by atoms with E-state index in [4.69, 9.17) is 0 Å². The van der Waals surface area contributed by atoms with Crippen LogP contribution in [-0.2, 0) is 5.41 Å². The van der Waals surface area contributed by atoms with E-state index in [1.165, 1.54) is 33.4 Å². The summed E-state index contributed by atoms with van der Waals surface area (Å²) in [7, 11) is 0. The monoisotopic (exact) mass is 284 g/mol. The number of hydrogen-bond acceptors (Lipinski definition) is 0. The van der Waals surface area contributed by atoms with Gasteiger partial charge in [-0.25, -0.2) is 0 Å². The van der Waals surface area contributed by atoms with Crippen molar-refractivity contribution in [3.05, 3.63) is 95.1 Å². The Morgan fingerprint density at radius 1 is 0.727 bits per heavy atom. The van der Waals surface area contributed by atoms with Crippen LogP contribution in [0.2, 0.25) is 0 Å². The smallest absolute Gasteiger partial charge is 0.0578 e. The predicted octanol–water partition coefficient (Wildman–Crippen LogP) is 5.64. The van der Waals surface area contributed by atoms with E-state index < -0.39 is 0 Å². The lowest BCUT2D eigenvalue weighted by Crippen LogP contribution is -2.20. The molecule has 0 atom stereocenters. The summed E-state index contributed by atoms with van der Waals surface area (Å²) in [6.45, 7) is 4.36. The molecule has 108 valence electrons. The van der Waals surface area contributed by atoms with Gasteiger partial charge < -0.3 is 0 Å². The van der Waals surface area contributed by atoms with Crippen molar-refractivity contribution < 1.29 is 0 Å². The minimum Gasteiger partial charge on any atom is -0.0832 e. The molecule has 4 rings (SSSR count). The van der Waals surface area contributed by atoms with E-state index in [2.05, 4.69) is 86.7 Å². The zero-order valence-electron chi connectivity index (χ0n) is 13.1. The molecule has 1 spiro atoms. The summed E-state index contributed by atoms with van der Waals surface area (Å²) in [5.74, 6) is 0. The van der Waals surface area contributed by atoms with E-state index >= 15 is 0 Å². The largest absolute Gasteiger partial charge is 0.0832 e. The van der Waals surface area contributed by atoms with Crippen LogP contribution in [0.15, 0.2) is 72.9 Å². The van der Waals surface area contributed by atoms with Crippen LogP contribution in [0.3, 0.4) is 0 Å². The van der Waals surface area contributed by atoms with Crippen molar-refractivity contribution in [2.75, 3.05) is 0 Å². The van der Waals surface area contributed by atoms with Gasteiger partial charge in [0.15, 0.2) is 0 Å². The van der Waals surface area contributed by atoms with E-state index in [0.29, 0.717) is 0 Å². The Balaban J connectivity index is 2.10. The first-order valence-electron chi connectivity index (χ1n) is 7.95. The Labute approximate surface area is 132 Å². The fraction of sp³-hybridized carbons (Fsp3) is 0.182. The third-order valence-corrected chi connectivity index (χ3v) is 4.79. The molecule has 0 nitrogen and oxygen atoms in total. The highest BCUT2D eigenvalue weighted by Gasteiger charge is 2.39. The number of aryl methyl sites for hydroxylation is 2. The quantitative estimate of drug-likeness (QED) is 0.549. The molecule has 0 amide bonds. The van der Waals surface area contributed by atoms with Gasteiger partial charge in [0, 0.05) is 0 Å². The maximum Gasteiger partial charge on any atom is 0.0578 e. The van der Waals surface area contributed by atoms with E-state index in [1.807, 2.05) is 0 Å². The van der Waals surface area contributed by atoms with Crippen LogP contribution in [0.1, 0.15) is 28.7 Å². The first kappa shape index (κ1) is 13.3. The SMILES string of the molecule is Cc1ccc2c(c1)C1(C=CC=CCC=C1)c1cc(C)ccc1-2. The molecule has 0 unspecified atom stereocenters. The summed E-state index contributed by atoms with van der Waals surface area (Å²) in [4.78, 5) is 0. The Kier molecular flexibility index (Phi) is 2.94. The van der Waals surface area contributed by atoms with Crippen molar-refractivity contribution in [3.8, 4) is 11.1 Å². The molecule has 2 aromatic carbocycles. The summed E-state index contributed by atoms with van der Waals surface area (Å²) in [6.07, 6.45) is 14.6. The van der Waals surface area contributed by atoms with Crippen molar-refractivity contribution in [2.24, 2.45) is 0 Å². The normalized spacial score (nSPS) is 17.2. The Morgan fingerprint density at radius 3 is 2.00 bits per heavy atom. The van der Waals surface area contributed by atoms with E-state index in [1.54, 1.807) is 0 Å². The molecule has 0 bridgehead atoms. The van der Waals surface area contributed by atoms with Gasteiger partial charge in [-0.2, -0.15) is 0 Å². The zero-order chi connectivity index (χ0) is 15.2. The fourth-order valence-corrected chi connectivity index (χ4v) is 3.73. The second kappa shape index (κ2) is 4.84. The average molecular weight is 284 g/mol. The Morgan fingerprint density at radius 2 is 1.36 bits per heavy atom. The zero-order valence-corrected chi connectivity index (χ0v) is 13.1. The van der Waals surface area contributed by atoms with E-state index in [9.17, 15) is 0 Å². The van der Waals surface area contributed by atoms with Crippen LogP contribution in [-0.4, -0.2) is 0 Å². The molecule has 0 N–H and O–H groups in total. The molecule has 0 saturated carbocycles. The molecule has 0 saturated heterocycles. The van der Waals surface area contributed by atoms with Crippen molar-refractivity contribution >= 4 is 0 Å². The van der Waals surface area contributed by atoms with Gasteiger partial charge in [-0.05, 0) is 42.5 Å². The van der Waals surface area contributed by atoms with E-state index in [-0.39, 0.29) is 5.41 Å². The van der Waals surface area contributed by atoms with Crippen LogP contribution >= 0.6 is 0 Å². The van der Waals surface area contributed by atoms with Gasteiger partial charge in [-0.15, -0.1) is 0 Å². The van der Waals surface area contributed by atoms with Gasteiger partial charge in [0.1, 0.15) is 0 Å². The minimum absolute atomic E-state index is 0.118. The van der Waals surface area contributed by atoms with Crippen molar-refractivity contribution in [2.45, 2.75) is 25.7 Å². The topological polar surface area (TPSA) is 0 Å². The third-order valence-electron chi connectivity index (χ3n) is 4.79. The van der Waals surface area contributed by atoms with Gasteiger partial charge in [0.25, 0.3) is 0 Å². The first-order chi connectivity index (χ1) is 10.7. The molecule has 0 fully saturated rings. The average Bonchev–Trinajstić information content (AvgIpc) is 2.73. The highest BCUT2D eigenvalue weighted by atomic mass is 14.4. The molecule has 0 aromatic heterocycles. The molecular weight excluding hydrogens is 264 g/mol. The second-order valence-electron chi connectivity index (χ2n) is 6.39. The first-order valence-corrected chi connectivity index (χ1v) is 7.95. The van der Waals surface area contributed by atoms with E-state index in [0.717, 1.165) is 6.42 Å². The lowest BCUT2D eigenvalue weighted by Gasteiger charge is -2.26. The van der Waals surface area contributed by atoms with Crippen LogP contribution in [0.25, 0.3) is 11.1 Å². The van der Waals surface area contributed by atoms with Crippen molar-refractivity contribution in [3.63, 3.8) is 0 Å². The van der Waals surface area contributed by atoms with Gasteiger partial charge in [-0.3, -0.25) is 0 Å². The molecule has 2 aromatic rings. The van der Waals surface area contributed by atoms with Crippen LogP contribution < -0.4 is 0 Å². The molecule has 0 heteroatoms. The molecule has 0 aliphatic heterocycles. The Hall–Kier alpha value is -2.34. The number of benzene rings is 2. The molecule has 0 radical (unpaired) electrons. The highest BCUT2D eigenvalue weighted by molar-refractivity contribution is 5.84. The number of allylic oxidation sites excluding steroid dienone is 6. The lowest BCUT2D eigenvalue weighted by atomic mass is 9.76. The van der Waals surface area contributed by atoms with Crippen molar-refractivity contribution in [1.82, 2.24) is 0 Å². The fourth-order valence-electron chi connectivity index (χ4n) is 3.73. The molecule has 2 aliphatic rings. The summed E-state index contributed by atoms with van der Waals surface area (Å²) < 4.78 is 0. The maximum absolute atomic E-state index is 2.39. The standard InChI is InChI=1S/C22H20/c1-16-8-10-18-19-11-9-17(2)15-21(19)22(20(18)14-16)12-6-4-3-5-7-13-22/h3-4,6-15H,5H2,1-2H3. The summed E-state index contributed by atoms with van der Waals surface area (Å²) in [6, 6.07) is 13.7. The molecular formula is C22H20. The molecule has 0 heterocycles. The number of hydrogen-bond donors (Lipinski definition) is 0. The van der Waals surface area contributed by atoms with Gasteiger partial charge in [0.05, 0.1) is 5.41 Å². The van der Waals surface area contributed by atoms with Crippen LogP contribution in [0.4, 0.5) is 0 Å². The van der Waals surface area contributed by atoms with Crippen molar-refractivity contribution in [1.29, 1.82) is 0 Å². The third kappa shape index (κ3) is 1.84. The summed E-state index contributed by atoms with van der Waals surface area (Å²) >= 11 is 0. The summed E-state index contributed by atoms with van der Waals surface area (Å²) in [5.41, 5.74) is 8.10. The maximum atomic E-state index is 2.39. The van der Waals surface area contributed by atoms with Crippen LogP contribution in [0, 0.1) is 13.8 Å². The molecule has 2 aliphatic carbocycles. The van der Waals surface area contributed by atoms with Crippen LogP contribution in [0.5, 0.6) is 0 Å². The molecule has 22 heavy (non-hydrogen) atoms. The summed E-state index contributed by atoms with van der Waals surface area (Å²) in [5, 5.41) is 0. The lowest BCUT2D eigenvalue weighted by molar-refractivity contribution is 0.835. The van der Waals surface area contributed by atoms with Gasteiger partial charge in [0.2, 0.25) is 0 Å². The number of fused-ring (bicyclic) bond motifs is 5. The number of rotatable bonds is 0. The van der Waals surface area contributed by atoms with Gasteiger partial charge in [-0.1, -0.05) is 84.0 Å². The predicted molar refractivity (Wildman–Crippen MR) is 94.2 cm³/mol. The highest BCUT2D eigenvalue weighted by Crippen LogP contribution is 2.51.